The normalized spacial score (nSPS) is 17.9. The van der Waals surface area contributed by atoms with Crippen LogP contribution in [0.2, 0.25) is 0 Å². The average molecular weight is 425 g/mol. The molecule has 1 heterocycles. The first-order valence-electron chi connectivity index (χ1n) is 9.56. The monoisotopic (exact) mass is 425 g/mol. The van der Waals surface area contributed by atoms with Gasteiger partial charge in [-0.05, 0) is 43.9 Å². The van der Waals surface area contributed by atoms with Crippen molar-refractivity contribution in [3.05, 3.63) is 75.3 Å². The van der Waals surface area contributed by atoms with E-state index in [0.29, 0.717) is 17.9 Å². The lowest BCUT2D eigenvalue weighted by Crippen LogP contribution is -2.35. The van der Waals surface area contributed by atoms with Crippen molar-refractivity contribution in [3.8, 4) is 5.75 Å². The van der Waals surface area contributed by atoms with E-state index in [4.69, 9.17) is 4.74 Å². The highest BCUT2D eigenvalue weighted by atomic mass is 16.6. The predicted octanol–water partition coefficient (Wildman–Crippen LogP) is 2.59. The number of non-ortho nitro benzene ring substituents is 1. The molecule has 9 nitrogen and oxygen atoms in total. The van der Waals surface area contributed by atoms with E-state index in [0.717, 1.165) is 0 Å². The topological polar surface area (TPSA) is 113 Å². The lowest BCUT2D eigenvalue weighted by molar-refractivity contribution is -0.384. The van der Waals surface area contributed by atoms with E-state index in [1.807, 2.05) is 19.0 Å². The maximum atomic E-state index is 12.9. The van der Waals surface area contributed by atoms with Gasteiger partial charge in [-0.15, -0.1) is 0 Å². The minimum absolute atomic E-state index is 0.0640. The number of benzene rings is 2. The second kappa shape index (κ2) is 8.97. The van der Waals surface area contributed by atoms with Crippen molar-refractivity contribution in [3.63, 3.8) is 0 Å². The Morgan fingerprint density at radius 2 is 1.87 bits per heavy atom. The van der Waals surface area contributed by atoms with Gasteiger partial charge in [0, 0.05) is 30.8 Å². The summed E-state index contributed by atoms with van der Waals surface area (Å²) < 4.78 is 5.28. The fourth-order valence-corrected chi connectivity index (χ4v) is 3.47. The van der Waals surface area contributed by atoms with Crippen LogP contribution in [0.1, 0.15) is 17.2 Å². The zero-order chi connectivity index (χ0) is 22.7. The molecule has 2 aromatic carbocycles. The number of carbonyl (C=O) groups excluding carboxylic acids is 2. The second-order valence-electron chi connectivity index (χ2n) is 7.38. The molecule has 1 atom stereocenters. The number of aliphatic hydroxyl groups excluding tert-OH is 1. The SMILES string of the molecule is COc1cccc(C2/C(=C(/O)c3ccc([N+](=O)[O-])cc3)C(=O)C(=O)N2CCN(C)C)c1. The van der Waals surface area contributed by atoms with Crippen LogP contribution >= 0.6 is 0 Å². The predicted molar refractivity (Wildman–Crippen MR) is 114 cm³/mol. The van der Waals surface area contributed by atoms with Gasteiger partial charge in [-0.1, -0.05) is 12.1 Å². The number of hydrogen-bond donors (Lipinski definition) is 1. The van der Waals surface area contributed by atoms with Crippen molar-refractivity contribution in [1.29, 1.82) is 0 Å². The molecule has 1 fully saturated rings. The van der Waals surface area contributed by atoms with Crippen molar-refractivity contribution >= 4 is 23.1 Å². The summed E-state index contributed by atoms with van der Waals surface area (Å²) in [5.41, 5.74) is 0.614. The second-order valence-corrected chi connectivity index (χ2v) is 7.38. The van der Waals surface area contributed by atoms with E-state index in [1.165, 1.54) is 36.3 Å². The number of amides is 1. The quantitative estimate of drug-likeness (QED) is 0.238. The Kier molecular flexibility index (Phi) is 6.36. The molecule has 9 heteroatoms. The third-order valence-electron chi connectivity index (χ3n) is 5.09. The number of ketones is 1. The van der Waals surface area contributed by atoms with Gasteiger partial charge in [0.25, 0.3) is 17.4 Å². The minimum atomic E-state index is -0.815. The molecule has 162 valence electrons. The Hall–Kier alpha value is -3.72. The summed E-state index contributed by atoms with van der Waals surface area (Å²) in [7, 11) is 5.22. The Morgan fingerprint density at radius 1 is 1.19 bits per heavy atom. The molecule has 0 spiro atoms. The molecule has 0 radical (unpaired) electrons. The van der Waals surface area contributed by atoms with Gasteiger partial charge in [0.2, 0.25) is 0 Å². The average Bonchev–Trinajstić information content (AvgIpc) is 3.02. The number of nitro groups is 1. The van der Waals surface area contributed by atoms with Crippen molar-refractivity contribution < 1.29 is 24.4 Å². The lowest BCUT2D eigenvalue weighted by Gasteiger charge is -2.26. The Morgan fingerprint density at radius 3 is 2.45 bits per heavy atom. The van der Waals surface area contributed by atoms with Gasteiger partial charge >= 0.3 is 0 Å². The summed E-state index contributed by atoms with van der Waals surface area (Å²) in [4.78, 5) is 39.4. The first-order chi connectivity index (χ1) is 14.7. The molecule has 1 saturated heterocycles. The van der Waals surface area contributed by atoms with Crippen molar-refractivity contribution in [2.75, 3.05) is 34.3 Å². The van der Waals surface area contributed by atoms with Crippen molar-refractivity contribution in [2.24, 2.45) is 0 Å². The third kappa shape index (κ3) is 4.41. The minimum Gasteiger partial charge on any atom is -0.507 e. The molecule has 1 unspecified atom stereocenters. The van der Waals surface area contributed by atoms with E-state index < -0.39 is 22.7 Å². The Balaban J connectivity index is 2.14. The molecule has 0 aliphatic carbocycles. The summed E-state index contributed by atoms with van der Waals surface area (Å²) in [6.45, 7) is 0.793. The summed E-state index contributed by atoms with van der Waals surface area (Å²) >= 11 is 0. The van der Waals surface area contributed by atoms with E-state index in [2.05, 4.69) is 0 Å². The van der Waals surface area contributed by atoms with Gasteiger partial charge in [0.05, 0.1) is 23.6 Å². The fourth-order valence-electron chi connectivity index (χ4n) is 3.47. The number of nitrogens with zero attached hydrogens (tertiary/aromatic N) is 3. The molecule has 0 bridgehead atoms. The molecule has 1 aliphatic rings. The van der Waals surface area contributed by atoms with Gasteiger partial charge < -0.3 is 19.6 Å². The third-order valence-corrected chi connectivity index (χ3v) is 5.09. The van der Waals surface area contributed by atoms with Gasteiger partial charge in [-0.3, -0.25) is 19.7 Å². The molecule has 2 aromatic rings. The Bertz CT molecular complexity index is 1050. The van der Waals surface area contributed by atoms with Crippen LogP contribution in [0.4, 0.5) is 5.69 Å². The Labute approximate surface area is 179 Å². The number of aliphatic hydroxyl groups is 1. The van der Waals surface area contributed by atoms with Crippen molar-refractivity contribution in [2.45, 2.75) is 6.04 Å². The highest BCUT2D eigenvalue weighted by Crippen LogP contribution is 2.40. The highest BCUT2D eigenvalue weighted by Gasteiger charge is 2.46. The van der Waals surface area contributed by atoms with Gasteiger partial charge in [-0.2, -0.15) is 0 Å². The zero-order valence-electron chi connectivity index (χ0n) is 17.4. The largest absolute Gasteiger partial charge is 0.507 e. The molecular weight excluding hydrogens is 402 g/mol. The maximum Gasteiger partial charge on any atom is 0.295 e. The zero-order valence-corrected chi connectivity index (χ0v) is 17.4. The summed E-state index contributed by atoms with van der Waals surface area (Å²) in [6.07, 6.45) is 0. The lowest BCUT2D eigenvalue weighted by atomic mass is 9.95. The number of likely N-dealkylation sites (N-methyl/N-ethyl adjacent to an activating group) is 1. The van der Waals surface area contributed by atoms with E-state index in [-0.39, 0.29) is 29.1 Å². The van der Waals surface area contributed by atoms with Gasteiger partial charge in [0.1, 0.15) is 11.5 Å². The molecule has 0 aromatic heterocycles. The summed E-state index contributed by atoms with van der Waals surface area (Å²) in [5, 5.41) is 21.9. The van der Waals surface area contributed by atoms with Crippen LogP contribution in [0.25, 0.3) is 5.76 Å². The van der Waals surface area contributed by atoms with E-state index in [9.17, 15) is 24.8 Å². The van der Waals surface area contributed by atoms with Crippen LogP contribution < -0.4 is 4.74 Å². The van der Waals surface area contributed by atoms with Gasteiger partial charge in [0.15, 0.2) is 0 Å². The van der Waals surface area contributed by atoms with Crippen LogP contribution in [0, 0.1) is 10.1 Å². The van der Waals surface area contributed by atoms with Crippen LogP contribution in [0.3, 0.4) is 0 Å². The van der Waals surface area contributed by atoms with Crippen LogP contribution in [0.5, 0.6) is 5.75 Å². The number of carbonyl (C=O) groups is 2. The highest BCUT2D eigenvalue weighted by molar-refractivity contribution is 6.46. The fraction of sp³-hybridized carbons (Fsp3) is 0.273. The summed E-state index contributed by atoms with van der Waals surface area (Å²) in [5.74, 6) is -1.35. The number of likely N-dealkylation sites (tertiary alicyclic amines) is 1. The van der Waals surface area contributed by atoms with Crippen LogP contribution in [0.15, 0.2) is 54.1 Å². The first kappa shape index (κ1) is 22.0. The molecule has 1 N–H and O–H groups in total. The molecular formula is C22H23N3O6. The first-order valence-corrected chi connectivity index (χ1v) is 9.56. The van der Waals surface area contributed by atoms with E-state index >= 15 is 0 Å². The number of methoxy groups -OCH3 is 1. The van der Waals surface area contributed by atoms with Gasteiger partial charge in [-0.25, -0.2) is 0 Å². The number of rotatable bonds is 7. The standard InChI is InChI=1S/C22H23N3O6/c1-23(2)11-12-24-19(15-5-4-6-17(13-15)31-3)18(21(27)22(24)28)20(26)14-7-9-16(10-8-14)25(29)30/h4-10,13,19,26H,11-12H2,1-3H3/b20-18-. The number of hydrogen-bond acceptors (Lipinski definition) is 7. The molecule has 31 heavy (non-hydrogen) atoms. The molecule has 1 amide bonds. The van der Waals surface area contributed by atoms with E-state index in [1.54, 1.807) is 24.3 Å². The number of Topliss-reactive ketones (excluding diaryl/α,β-unsaturated/α-hetero) is 1. The maximum absolute atomic E-state index is 12.9. The smallest absolute Gasteiger partial charge is 0.295 e. The number of nitro benzene ring substituents is 1. The van der Waals surface area contributed by atoms with Crippen LogP contribution in [-0.4, -0.2) is 65.8 Å². The molecule has 1 aliphatic heterocycles. The van der Waals surface area contributed by atoms with Crippen molar-refractivity contribution in [1.82, 2.24) is 9.80 Å². The van der Waals surface area contributed by atoms with Crippen LogP contribution in [-0.2, 0) is 9.59 Å². The summed E-state index contributed by atoms with van der Waals surface area (Å²) in [6, 6.07) is 11.3. The molecule has 0 saturated carbocycles. The number of ether oxygens (including phenoxy) is 1. The molecule has 3 rings (SSSR count).